The zero-order chi connectivity index (χ0) is 22.9. The molecule has 5 rings (SSSR count). The van der Waals surface area contributed by atoms with Gasteiger partial charge in [-0.05, 0) is 0 Å². The van der Waals surface area contributed by atoms with Crippen LogP contribution >= 0.6 is 0 Å². The third-order valence-electron chi connectivity index (χ3n) is 6.26. The molecule has 164 valence electrons. The van der Waals surface area contributed by atoms with Gasteiger partial charge in [0.25, 0.3) is 0 Å². The predicted octanol–water partition coefficient (Wildman–Crippen LogP) is 8.54. The molecule has 0 amide bonds. The number of aromatic nitrogens is 1. The first-order valence-corrected chi connectivity index (χ1v) is 14.0. The molecule has 0 bridgehead atoms. The minimum atomic E-state index is -0.559. The van der Waals surface area contributed by atoms with Gasteiger partial charge in [-0.25, -0.2) is 0 Å². The van der Waals surface area contributed by atoms with Crippen molar-refractivity contribution in [1.82, 2.24) is 4.98 Å². The second-order valence-electron chi connectivity index (χ2n) is 9.24. The Labute approximate surface area is 206 Å². The fraction of sp³-hybridized carbons (Fsp3) is 0.194. The molecule has 0 spiro atoms. The molecule has 4 aromatic carbocycles. The van der Waals surface area contributed by atoms with Gasteiger partial charge in [0.05, 0.1) is 0 Å². The Morgan fingerprint density at radius 3 is 1.76 bits per heavy atom. The van der Waals surface area contributed by atoms with Crippen molar-refractivity contribution in [2.24, 2.45) is 0 Å². The number of nitrogens with zero attached hydrogens (tertiary/aromatic N) is 1. The second kappa shape index (κ2) is 9.30. The molecule has 0 saturated heterocycles. The van der Waals surface area contributed by atoms with Gasteiger partial charge in [-0.3, -0.25) is 0 Å². The Balaban J connectivity index is 1.77. The molecule has 0 radical (unpaired) electrons. The summed E-state index contributed by atoms with van der Waals surface area (Å²) in [6.45, 7) is 9.29. The van der Waals surface area contributed by atoms with Crippen LogP contribution in [0.2, 0.25) is 0 Å². The van der Waals surface area contributed by atoms with Gasteiger partial charge in [0.1, 0.15) is 0 Å². The van der Waals surface area contributed by atoms with Crippen molar-refractivity contribution in [2.45, 2.75) is 39.5 Å². The van der Waals surface area contributed by atoms with E-state index in [0.717, 1.165) is 0 Å². The van der Waals surface area contributed by atoms with E-state index >= 15 is 0 Å². The van der Waals surface area contributed by atoms with E-state index in [1.54, 1.807) is 0 Å². The Bertz CT molecular complexity index is 1370. The zero-order valence-electron chi connectivity index (χ0n) is 19.7. The predicted molar refractivity (Wildman–Crippen MR) is 143 cm³/mol. The van der Waals surface area contributed by atoms with Gasteiger partial charge in [0, 0.05) is 0 Å². The summed E-state index contributed by atoms with van der Waals surface area (Å²) in [5.74, 6) is 0.877. The zero-order valence-corrected chi connectivity index (χ0v) is 22.0. The molecular formula is C31H29NTe. The SMILES string of the molecule is CC(C)c1cc(-c2ccccc2)cc(C(C)C)c1-c1cccc2nc(-c3ccccc3)[te]c12. The maximum absolute atomic E-state index is 5.10. The first-order chi connectivity index (χ1) is 16.0. The minimum absolute atomic E-state index is 0.438. The van der Waals surface area contributed by atoms with Crippen LogP contribution in [0.25, 0.3) is 40.4 Å². The molecular weight excluding hydrogens is 514 g/mol. The first kappa shape index (κ1) is 22.1. The number of fused-ring (bicyclic) bond motifs is 1. The van der Waals surface area contributed by atoms with Gasteiger partial charge in [0.2, 0.25) is 0 Å². The molecule has 2 heteroatoms. The Hall–Kier alpha value is -2.66. The topological polar surface area (TPSA) is 12.9 Å². The summed E-state index contributed by atoms with van der Waals surface area (Å²) in [5.41, 5.74) is 10.8. The van der Waals surface area contributed by atoms with Crippen molar-refractivity contribution in [1.29, 1.82) is 0 Å². The summed E-state index contributed by atoms with van der Waals surface area (Å²) in [6.07, 6.45) is 0. The molecule has 33 heavy (non-hydrogen) atoms. The van der Waals surface area contributed by atoms with Gasteiger partial charge in [-0.1, -0.05) is 0 Å². The van der Waals surface area contributed by atoms with E-state index in [2.05, 4.69) is 119 Å². The van der Waals surface area contributed by atoms with Crippen LogP contribution in [0.3, 0.4) is 0 Å². The monoisotopic (exact) mass is 545 g/mol. The molecule has 1 aromatic heterocycles. The van der Waals surface area contributed by atoms with Gasteiger partial charge >= 0.3 is 208 Å². The third kappa shape index (κ3) is 4.31. The fourth-order valence-electron chi connectivity index (χ4n) is 4.56. The Morgan fingerprint density at radius 1 is 0.606 bits per heavy atom. The van der Waals surface area contributed by atoms with Crippen molar-refractivity contribution in [3.8, 4) is 31.5 Å². The molecule has 1 nitrogen and oxygen atoms in total. The van der Waals surface area contributed by atoms with Crippen LogP contribution < -0.4 is 0 Å². The summed E-state index contributed by atoms with van der Waals surface area (Å²) in [5, 5.41) is 0. The van der Waals surface area contributed by atoms with Crippen molar-refractivity contribution >= 4 is 29.3 Å². The Morgan fingerprint density at radius 2 is 1.18 bits per heavy atom. The third-order valence-corrected chi connectivity index (χ3v) is 9.55. The van der Waals surface area contributed by atoms with E-state index in [9.17, 15) is 0 Å². The van der Waals surface area contributed by atoms with Crippen LogP contribution in [0.1, 0.15) is 50.7 Å². The molecule has 0 saturated carbocycles. The molecule has 0 fully saturated rings. The molecule has 0 aliphatic rings. The van der Waals surface area contributed by atoms with E-state index in [4.69, 9.17) is 4.98 Å². The van der Waals surface area contributed by atoms with Gasteiger partial charge < -0.3 is 0 Å². The Kier molecular flexibility index (Phi) is 6.24. The van der Waals surface area contributed by atoms with E-state index in [-0.39, 0.29) is 0 Å². The van der Waals surface area contributed by atoms with Crippen LogP contribution in [0.4, 0.5) is 0 Å². The molecule has 0 aliphatic heterocycles. The summed E-state index contributed by atoms with van der Waals surface area (Å²) in [4.78, 5) is 5.10. The normalized spacial score (nSPS) is 11.6. The molecule has 0 aliphatic carbocycles. The average molecular weight is 543 g/mol. The van der Waals surface area contributed by atoms with Crippen LogP contribution in [-0.4, -0.2) is 25.4 Å². The number of benzene rings is 4. The van der Waals surface area contributed by atoms with Crippen LogP contribution in [0, 0.1) is 0 Å². The van der Waals surface area contributed by atoms with Gasteiger partial charge in [-0.15, -0.1) is 0 Å². The van der Waals surface area contributed by atoms with E-state index in [1.165, 1.54) is 51.6 Å². The quantitative estimate of drug-likeness (QED) is 0.203. The molecule has 1 heterocycles. The van der Waals surface area contributed by atoms with Crippen molar-refractivity contribution < 1.29 is 0 Å². The van der Waals surface area contributed by atoms with Crippen LogP contribution in [-0.2, 0) is 0 Å². The van der Waals surface area contributed by atoms with E-state index in [0.29, 0.717) is 11.8 Å². The number of hydrogen-bond acceptors (Lipinski definition) is 1. The van der Waals surface area contributed by atoms with Crippen LogP contribution in [0.5, 0.6) is 0 Å². The van der Waals surface area contributed by atoms with Crippen LogP contribution in [0.15, 0.2) is 91.0 Å². The average Bonchev–Trinajstić information content (AvgIpc) is 3.29. The summed E-state index contributed by atoms with van der Waals surface area (Å²) >= 11 is -0.559. The molecule has 5 aromatic rings. The molecule has 0 N–H and O–H groups in total. The summed E-state index contributed by atoms with van der Waals surface area (Å²) in [7, 11) is 0. The maximum atomic E-state index is 5.10. The standard InChI is InChI=1S/C31H29NTe/c1-20(2)26-18-24(22-12-7-5-8-13-22)19-27(21(3)4)29(26)25-16-11-17-28-30(25)33-31(32-28)23-14-9-6-10-15-23/h5-21H,1-4H3. The number of hydrogen-bond donors (Lipinski definition) is 0. The van der Waals surface area contributed by atoms with Crippen molar-refractivity contribution in [3.63, 3.8) is 0 Å². The first-order valence-electron chi connectivity index (χ1n) is 11.7. The summed E-state index contributed by atoms with van der Waals surface area (Å²) in [6, 6.07) is 33.1. The summed E-state index contributed by atoms with van der Waals surface area (Å²) < 4.78 is 2.78. The second-order valence-corrected chi connectivity index (χ2v) is 12.1. The van der Waals surface area contributed by atoms with E-state index in [1.807, 2.05) is 0 Å². The van der Waals surface area contributed by atoms with Crippen molar-refractivity contribution in [2.75, 3.05) is 0 Å². The van der Waals surface area contributed by atoms with Crippen molar-refractivity contribution in [3.05, 3.63) is 102 Å². The number of rotatable bonds is 5. The van der Waals surface area contributed by atoms with Gasteiger partial charge in [-0.2, -0.15) is 0 Å². The van der Waals surface area contributed by atoms with E-state index < -0.39 is 20.4 Å². The molecule has 0 atom stereocenters. The molecule has 0 unspecified atom stereocenters. The van der Waals surface area contributed by atoms with Gasteiger partial charge in [0.15, 0.2) is 0 Å². The fourth-order valence-corrected chi connectivity index (χ4v) is 7.67.